The van der Waals surface area contributed by atoms with Crippen LogP contribution in [0.2, 0.25) is 0 Å². The third kappa shape index (κ3) is 5.20. The molecule has 1 fully saturated rings. The van der Waals surface area contributed by atoms with Crippen molar-refractivity contribution < 1.29 is 9.59 Å². The molecule has 0 aromatic heterocycles. The summed E-state index contributed by atoms with van der Waals surface area (Å²) in [5.74, 6) is -0.00502. The lowest BCUT2D eigenvalue weighted by atomic mass is 10.1. The number of rotatable bonds is 6. The van der Waals surface area contributed by atoms with E-state index < -0.39 is 0 Å². The fourth-order valence-corrected chi connectivity index (χ4v) is 3.55. The summed E-state index contributed by atoms with van der Waals surface area (Å²) in [5.41, 5.74) is 4.27. The highest BCUT2D eigenvalue weighted by molar-refractivity contribution is 5.95. The van der Waals surface area contributed by atoms with Gasteiger partial charge in [0.05, 0.1) is 0 Å². The molecule has 0 unspecified atom stereocenters. The first-order valence-electron chi connectivity index (χ1n) is 9.93. The van der Waals surface area contributed by atoms with Gasteiger partial charge in [-0.2, -0.15) is 0 Å². The Bertz CT molecular complexity index is 826. The van der Waals surface area contributed by atoms with Crippen molar-refractivity contribution in [3.8, 4) is 0 Å². The van der Waals surface area contributed by atoms with Crippen molar-refractivity contribution in [1.29, 1.82) is 0 Å². The summed E-state index contributed by atoms with van der Waals surface area (Å²) in [4.78, 5) is 29.0. The number of amides is 2. The molecule has 2 aromatic rings. The van der Waals surface area contributed by atoms with Crippen LogP contribution in [0.15, 0.2) is 48.5 Å². The van der Waals surface area contributed by atoms with Crippen LogP contribution >= 0.6 is 0 Å². The second kappa shape index (κ2) is 9.51. The molecule has 2 aromatic carbocycles. The molecular formula is C23H29N3O2. The number of hydrogen-bond donors (Lipinski definition) is 1. The molecule has 0 atom stereocenters. The Morgan fingerprint density at radius 1 is 0.893 bits per heavy atom. The SMILES string of the molecule is Cc1ccccc1CN1CCN(C(=O)CCNC(=O)c2ccccc2C)CC1. The van der Waals surface area contributed by atoms with Crippen LogP contribution in [0.5, 0.6) is 0 Å². The maximum absolute atomic E-state index is 12.5. The van der Waals surface area contributed by atoms with Gasteiger partial charge in [0.15, 0.2) is 0 Å². The predicted molar refractivity (Wildman–Crippen MR) is 111 cm³/mol. The van der Waals surface area contributed by atoms with Crippen molar-refractivity contribution in [1.82, 2.24) is 15.1 Å². The summed E-state index contributed by atoms with van der Waals surface area (Å²) in [6.45, 7) is 8.62. The first-order valence-corrected chi connectivity index (χ1v) is 9.93. The van der Waals surface area contributed by atoms with Crippen molar-refractivity contribution in [3.05, 3.63) is 70.8 Å². The van der Waals surface area contributed by atoms with Gasteiger partial charge in [-0.1, -0.05) is 42.5 Å². The lowest BCUT2D eigenvalue weighted by Gasteiger charge is -2.35. The molecule has 0 saturated carbocycles. The van der Waals surface area contributed by atoms with Crippen LogP contribution in [0.4, 0.5) is 0 Å². The molecule has 2 amide bonds. The third-order valence-electron chi connectivity index (χ3n) is 5.39. The molecule has 0 radical (unpaired) electrons. The molecule has 5 heteroatoms. The summed E-state index contributed by atoms with van der Waals surface area (Å²) in [6.07, 6.45) is 0.343. The molecule has 1 heterocycles. The van der Waals surface area contributed by atoms with E-state index in [4.69, 9.17) is 0 Å². The van der Waals surface area contributed by atoms with E-state index >= 15 is 0 Å². The van der Waals surface area contributed by atoms with E-state index in [1.165, 1.54) is 11.1 Å². The zero-order valence-corrected chi connectivity index (χ0v) is 16.8. The first-order chi connectivity index (χ1) is 13.5. The van der Waals surface area contributed by atoms with Gasteiger partial charge < -0.3 is 10.2 Å². The third-order valence-corrected chi connectivity index (χ3v) is 5.39. The molecule has 28 heavy (non-hydrogen) atoms. The van der Waals surface area contributed by atoms with Gasteiger partial charge in [-0.25, -0.2) is 0 Å². The zero-order valence-electron chi connectivity index (χ0n) is 16.8. The highest BCUT2D eigenvalue weighted by Gasteiger charge is 2.21. The van der Waals surface area contributed by atoms with Crippen LogP contribution in [-0.4, -0.2) is 54.3 Å². The molecular weight excluding hydrogens is 350 g/mol. The van der Waals surface area contributed by atoms with Crippen molar-refractivity contribution in [2.45, 2.75) is 26.8 Å². The second-order valence-electron chi connectivity index (χ2n) is 7.40. The van der Waals surface area contributed by atoms with Crippen LogP contribution < -0.4 is 5.32 Å². The minimum Gasteiger partial charge on any atom is -0.352 e. The average Bonchev–Trinajstić information content (AvgIpc) is 2.70. The zero-order chi connectivity index (χ0) is 19.9. The molecule has 1 aliphatic heterocycles. The highest BCUT2D eigenvalue weighted by atomic mass is 16.2. The predicted octanol–water partition coefficient (Wildman–Crippen LogP) is 2.77. The average molecular weight is 380 g/mol. The van der Waals surface area contributed by atoms with Gasteiger partial charge in [0.1, 0.15) is 0 Å². The maximum Gasteiger partial charge on any atom is 0.251 e. The van der Waals surface area contributed by atoms with Crippen LogP contribution in [0, 0.1) is 13.8 Å². The van der Waals surface area contributed by atoms with Gasteiger partial charge in [0.25, 0.3) is 5.91 Å². The summed E-state index contributed by atoms with van der Waals surface area (Å²) in [6, 6.07) is 15.9. The molecule has 0 bridgehead atoms. The van der Waals surface area contributed by atoms with Gasteiger partial charge in [-0.3, -0.25) is 14.5 Å². The van der Waals surface area contributed by atoms with E-state index in [0.717, 1.165) is 38.3 Å². The molecule has 1 N–H and O–H groups in total. The van der Waals surface area contributed by atoms with Crippen molar-refractivity contribution >= 4 is 11.8 Å². The Balaban J connectivity index is 1.40. The maximum atomic E-state index is 12.5. The van der Waals surface area contributed by atoms with Crippen LogP contribution in [-0.2, 0) is 11.3 Å². The van der Waals surface area contributed by atoms with Crippen molar-refractivity contribution in [3.63, 3.8) is 0 Å². The standard InChI is InChI=1S/C23H29N3O2/c1-18-7-3-5-9-20(18)17-25-13-15-26(16-14-25)22(27)11-12-24-23(28)21-10-6-4-8-19(21)2/h3-10H,11-17H2,1-2H3,(H,24,28). The van der Waals surface area contributed by atoms with Gasteiger partial charge in [-0.15, -0.1) is 0 Å². The smallest absolute Gasteiger partial charge is 0.251 e. The monoisotopic (exact) mass is 379 g/mol. The molecule has 5 nitrogen and oxygen atoms in total. The number of nitrogens with one attached hydrogen (secondary N) is 1. The van der Waals surface area contributed by atoms with Crippen LogP contribution in [0.3, 0.4) is 0 Å². The summed E-state index contributed by atoms with van der Waals surface area (Å²) in [7, 11) is 0. The van der Waals surface area contributed by atoms with E-state index in [0.29, 0.717) is 18.5 Å². The number of carbonyl (C=O) groups excluding carboxylic acids is 2. The van der Waals surface area contributed by atoms with Crippen LogP contribution in [0.25, 0.3) is 0 Å². The van der Waals surface area contributed by atoms with E-state index in [-0.39, 0.29) is 11.8 Å². The number of benzene rings is 2. The number of carbonyl (C=O) groups is 2. The largest absolute Gasteiger partial charge is 0.352 e. The molecule has 1 saturated heterocycles. The lowest BCUT2D eigenvalue weighted by Crippen LogP contribution is -2.48. The number of aryl methyl sites for hydroxylation is 2. The Morgan fingerprint density at radius 2 is 1.54 bits per heavy atom. The highest BCUT2D eigenvalue weighted by Crippen LogP contribution is 2.13. The minimum atomic E-state index is -0.117. The fraction of sp³-hybridized carbons (Fsp3) is 0.391. The Morgan fingerprint density at radius 3 is 2.21 bits per heavy atom. The quantitative estimate of drug-likeness (QED) is 0.840. The summed E-state index contributed by atoms with van der Waals surface area (Å²) >= 11 is 0. The molecule has 3 rings (SSSR count). The second-order valence-corrected chi connectivity index (χ2v) is 7.40. The fourth-order valence-electron chi connectivity index (χ4n) is 3.55. The van der Waals surface area contributed by atoms with E-state index in [2.05, 4.69) is 41.4 Å². The number of piperazine rings is 1. The first kappa shape index (κ1) is 20.1. The number of nitrogens with zero attached hydrogens (tertiary/aromatic N) is 2. The van der Waals surface area contributed by atoms with Gasteiger partial charge >= 0.3 is 0 Å². The molecule has 148 valence electrons. The summed E-state index contributed by atoms with van der Waals surface area (Å²) in [5, 5.41) is 2.86. The Hall–Kier alpha value is -2.66. The van der Waals surface area contributed by atoms with E-state index in [1.54, 1.807) is 6.07 Å². The Kier molecular flexibility index (Phi) is 6.82. The van der Waals surface area contributed by atoms with Gasteiger partial charge in [-0.05, 0) is 36.6 Å². The van der Waals surface area contributed by atoms with Gasteiger partial charge in [0, 0.05) is 51.3 Å². The Labute approximate surface area is 167 Å². The van der Waals surface area contributed by atoms with Crippen LogP contribution in [0.1, 0.15) is 33.5 Å². The lowest BCUT2D eigenvalue weighted by molar-refractivity contribution is -0.132. The normalized spacial score (nSPS) is 14.7. The molecule has 0 spiro atoms. The number of hydrogen-bond acceptors (Lipinski definition) is 3. The summed E-state index contributed by atoms with van der Waals surface area (Å²) < 4.78 is 0. The van der Waals surface area contributed by atoms with E-state index in [1.807, 2.05) is 30.0 Å². The topological polar surface area (TPSA) is 52.6 Å². The van der Waals surface area contributed by atoms with Crippen molar-refractivity contribution in [2.24, 2.45) is 0 Å². The van der Waals surface area contributed by atoms with Crippen molar-refractivity contribution in [2.75, 3.05) is 32.7 Å². The van der Waals surface area contributed by atoms with Gasteiger partial charge in [0.2, 0.25) is 5.91 Å². The molecule has 1 aliphatic rings. The van der Waals surface area contributed by atoms with E-state index in [9.17, 15) is 9.59 Å². The molecule has 0 aliphatic carbocycles. The minimum absolute atomic E-state index is 0.112.